The summed E-state index contributed by atoms with van der Waals surface area (Å²) in [7, 11) is 0. The lowest BCUT2D eigenvalue weighted by atomic mass is 9.62. The molecule has 4 aliphatic carbocycles. The third kappa shape index (κ3) is 5.84. The van der Waals surface area contributed by atoms with Crippen LogP contribution in [-0.2, 0) is 46.5 Å². The molecule has 2 amide bonds. The Hall–Kier alpha value is -3.65. The van der Waals surface area contributed by atoms with Crippen LogP contribution in [0.1, 0.15) is 78.4 Å². The summed E-state index contributed by atoms with van der Waals surface area (Å²) in [5.74, 6) is -0.810. The molecule has 12 heteroatoms. The van der Waals surface area contributed by atoms with Gasteiger partial charge in [0.15, 0.2) is 11.8 Å². The summed E-state index contributed by atoms with van der Waals surface area (Å²) < 4.78 is 25.9. The topological polar surface area (TPSA) is 148 Å². The number of rotatable bonds is 12. The summed E-state index contributed by atoms with van der Waals surface area (Å²) in [5, 5.41) is 16.6. The Kier molecular flexibility index (Phi) is 8.31. The summed E-state index contributed by atoms with van der Waals surface area (Å²) in [6, 6.07) is 14.1. The van der Waals surface area contributed by atoms with Crippen molar-refractivity contribution in [1.29, 1.82) is 0 Å². The van der Waals surface area contributed by atoms with Gasteiger partial charge in [-0.1, -0.05) is 48.6 Å². The number of hydrogen-bond acceptors (Lipinski definition) is 10. The van der Waals surface area contributed by atoms with Crippen LogP contribution in [0.3, 0.4) is 0 Å². The van der Waals surface area contributed by atoms with Crippen LogP contribution >= 0.6 is 0 Å². The zero-order valence-electron chi connectivity index (χ0n) is 29.7. The number of nitrogens with zero attached hydrogens (tertiary/aromatic N) is 1. The molecule has 4 saturated carbocycles. The van der Waals surface area contributed by atoms with Crippen molar-refractivity contribution in [2.24, 2.45) is 23.2 Å². The smallest absolute Gasteiger partial charge is 0.327 e. The Morgan fingerprint density at radius 2 is 1.74 bits per heavy atom. The van der Waals surface area contributed by atoms with Crippen molar-refractivity contribution in [3.63, 3.8) is 0 Å². The van der Waals surface area contributed by atoms with E-state index in [2.05, 4.69) is 28.9 Å². The van der Waals surface area contributed by atoms with Crippen LogP contribution in [0.5, 0.6) is 0 Å². The van der Waals surface area contributed by atoms with Crippen LogP contribution in [-0.4, -0.2) is 89.6 Å². The maximum absolute atomic E-state index is 14.8. The van der Waals surface area contributed by atoms with Gasteiger partial charge >= 0.3 is 5.97 Å². The number of fused-ring (bicyclic) bond motifs is 5. The fourth-order valence-corrected chi connectivity index (χ4v) is 9.97. The van der Waals surface area contributed by atoms with Crippen LogP contribution in [0.2, 0.25) is 0 Å². The molecule has 280 valence electrons. The molecule has 2 bridgehead atoms. The molecule has 4 heterocycles. The van der Waals surface area contributed by atoms with E-state index in [0.717, 1.165) is 61.6 Å². The fraction of sp³-hybridized carbons (Fsp3) is 0.585. The molecule has 4 aliphatic heterocycles. The number of hydrogen-bond donors (Lipinski definition) is 3. The van der Waals surface area contributed by atoms with E-state index in [4.69, 9.17) is 28.9 Å². The summed E-state index contributed by atoms with van der Waals surface area (Å²) in [5.41, 5.74) is 1.87. The molecule has 0 aromatic heterocycles. The van der Waals surface area contributed by atoms with Crippen molar-refractivity contribution >= 4 is 23.9 Å². The summed E-state index contributed by atoms with van der Waals surface area (Å²) >= 11 is 0. The molecule has 53 heavy (non-hydrogen) atoms. The first-order valence-corrected chi connectivity index (χ1v) is 19.5. The number of nitrogens with one attached hydrogen (secondary N) is 2. The van der Waals surface area contributed by atoms with Crippen molar-refractivity contribution in [2.75, 3.05) is 13.2 Å². The predicted octanol–water partition coefficient (Wildman–Crippen LogP) is 3.41. The molecule has 10 rings (SSSR count). The predicted molar refractivity (Wildman–Crippen MR) is 188 cm³/mol. The highest BCUT2D eigenvalue weighted by atomic mass is 16.8. The van der Waals surface area contributed by atoms with E-state index < -0.39 is 47.6 Å². The first kappa shape index (κ1) is 33.9. The van der Waals surface area contributed by atoms with Gasteiger partial charge in [-0.3, -0.25) is 19.2 Å². The summed E-state index contributed by atoms with van der Waals surface area (Å²) in [6.07, 6.45) is 10.4. The number of aliphatic hydroxyl groups is 1. The molecule has 4 saturated heterocycles. The van der Waals surface area contributed by atoms with E-state index >= 15 is 0 Å². The zero-order valence-corrected chi connectivity index (χ0v) is 29.7. The number of carbonyl (C=O) groups excluding carboxylic acids is 3. The Balaban J connectivity index is 0.954. The second-order valence-corrected chi connectivity index (χ2v) is 16.4. The van der Waals surface area contributed by atoms with Crippen LogP contribution < -0.4 is 10.6 Å². The Labute approximate surface area is 308 Å². The van der Waals surface area contributed by atoms with Crippen LogP contribution in [0, 0.1) is 23.2 Å². The van der Waals surface area contributed by atoms with Crippen molar-refractivity contribution in [3.8, 4) is 0 Å². The number of esters is 1. The molecule has 0 radical (unpaired) electrons. The lowest BCUT2D eigenvalue weighted by Gasteiger charge is -2.48. The normalized spacial score (nSPS) is 36.4. The molecule has 0 spiro atoms. The monoisotopic (exact) mass is 725 g/mol. The Morgan fingerprint density at radius 1 is 0.925 bits per heavy atom. The molecule has 2 aromatic carbocycles. The van der Waals surface area contributed by atoms with Crippen molar-refractivity contribution < 1.29 is 43.3 Å². The highest BCUT2D eigenvalue weighted by Crippen LogP contribution is 2.64. The van der Waals surface area contributed by atoms with E-state index in [1.807, 2.05) is 24.3 Å². The Morgan fingerprint density at radius 3 is 2.53 bits per heavy atom. The number of epoxide rings is 1. The van der Waals surface area contributed by atoms with Crippen LogP contribution in [0.25, 0.3) is 6.08 Å². The van der Waals surface area contributed by atoms with Gasteiger partial charge in [0.05, 0.1) is 25.4 Å². The lowest BCUT2D eigenvalue weighted by Crippen LogP contribution is -2.69. The molecule has 12 nitrogen and oxygen atoms in total. The lowest BCUT2D eigenvalue weighted by molar-refractivity contribution is -0.235. The van der Waals surface area contributed by atoms with E-state index in [1.165, 1.54) is 0 Å². The molecule has 3 N–H and O–H groups in total. The number of carbonyl (C=O) groups is 3. The van der Waals surface area contributed by atoms with Crippen LogP contribution in [0.15, 0.2) is 54.6 Å². The maximum atomic E-state index is 14.8. The number of ether oxygens (including phenoxy) is 4. The third-order valence-corrected chi connectivity index (χ3v) is 12.9. The van der Waals surface area contributed by atoms with E-state index in [1.54, 1.807) is 23.3 Å². The second-order valence-electron chi connectivity index (χ2n) is 16.4. The number of allylic oxidation sites excluding steroid dienone is 1. The summed E-state index contributed by atoms with van der Waals surface area (Å²) in [6.45, 7) is 0.399. The standard InChI is InChI=1S/C41H47N3O9/c45-17-16-42-37(46)26-7-3-4-24(18-26)21-43-39(48)40-20-32-33-34(52-41(51-33,28-11-12-28)29-13-14-29)36(40)53-44(35(40)38(47)50-32)22-27-6-2-1-5-25(27)10-8-23-9-15-30-31(19-23)49-30/h1-8,10,18,23,28-36,45H,9,11-17,19-22H2,(H,42,46)(H,43,48)/t23?,30?,31?,32-,33+,34+,35+,36-,40+/m1/s1. The largest absolute Gasteiger partial charge is 0.458 e. The third-order valence-electron chi connectivity index (χ3n) is 12.9. The van der Waals surface area contributed by atoms with Gasteiger partial charge in [-0.25, -0.2) is 0 Å². The van der Waals surface area contributed by atoms with Gasteiger partial charge in [-0.15, -0.1) is 0 Å². The minimum absolute atomic E-state index is 0.141. The van der Waals surface area contributed by atoms with Gasteiger partial charge in [0.2, 0.25) is 5.91 Å². The molecule has 8 aliphatic rings. The Bertz CT molecular complexity index is 1810. The second kappa shape index (κ2) is 13.0. The number of hydroxylamine groups is 2. The first-order valence-electron chi connectivity index (χ1n) is 19.5. The zero-order chi connectivity index (χ0) is 35.9. The van der Waals surface area contributed by atoms with Crippen molar-refractivity contribution in [1.82, 2.24) is 15.7 Å². The summed E-state index contributed by atoms with van der Waals surface area (Å²) in [4.78, 5) is 48.5. The number of amides is 2. The SMILES string of the molecule is O=C(NCCO)c1cccc(CNC(=O)[C@@]23C[C@H]4OC(=O)[C@@H]2N(Cc2ccccc2C=CC2CCC5OC5C2)O[C@@H]3[C@H]2OC(C3CC3)(C3CC3)O[C@H]24)c1. The number of aliphatic hydroxyl groups excluding tert-OH is 1. The minimum atomic E-state index is -1.29. The molecular formula is C41H47N3O9. The average Bonchev–Trinajstić information content (AvgIpc) is 4.07. The van der Waals surface area contributed by atoms with Gasteiger partial charge in [0.1, 0.15) is 29.8 Å². The van der Waals surface area contributed by atoms with Gasteiger partial charge in [-0.05, 0) is 79.7 Å². The molecule has 8 fully saturated rings. The fourth-order valence-electron chi connectivity index (χ4n) is 9.97. The van der Waals surface area contributed by atoms with E-state index in [-0.39, 0.29) is 56.3 Å². The molecule has 3 unspecified atom stereocenters. The number of benzene rings is 2. The van der Waals surface area contributed by atoms with Crippen LogP contribution in [0.4, 0.5) is 0 Å². The molecule has 2 aromatic rings. The van der Waals surface area contributed by atoms with Gasteiger partial charge in [0.25, 0.3) is 5.91 Å². The van der Waals surface area contributed by atoms with Crippen molar-refractivity contribution in [2.45, 2.75) is 113 Å². The highest BCUT2D eigenvalue weighted by molar-refractivity contribution is 5.95. The van der Waals surface area contributed by atoms with E-state index in [9.17, 15) is 14.4 Å². The molecule has 9 atom stereocenters. The van der Waals surface area contributed by atoms with Gasteiger partial charge in [-0.2, -0.15) is 5.06 Å². The maximum Gasteiger partial charge on any atom is 0.327 e. The average molecular weight is 726 g/mol. The van der Waals surface area contributed by atoms with E-state index in [0.29, 0.717) is 23.7 Å². The quantitative estimate of drug-likeness (QED) is 0.220. The first-order chi connectivity index (χ1) is 25.9. The minimum Gasteiger partial charge on any atom is -0.458 e. The molecular weight excluding hydrogens is 678 g/mol. The van der Waals surface area contributed by atoms with Gasteiger partial charge < -0.3 is 34.7 Å². The van der Waals surface area contributed by atoms with Gasteiger partial charge in [0, 0.05) is 36.9 Å². The highest BCUT2D eigenvalue weighted by Gasteiger charge is 2.78. The van der Waals surface area contributed by atoms with Crippen molar-refractivity contribution in [3.05, 3.63) is 76.9 Å².